The van der Waals surface area contributed by atoms with Crippen molar-refractivity contribution in [2.24, 2.45) is 0 Å². The Hall–Kier alpha value is -5.81. The van der Waals surface area contributed by atoms with Crippen molar-refractivity contribution >= 4 is 5.69 Å². The molecule has 6 aromatic rings. The molecule has 0 saturated carbocycles. The van der Waals surface area contributed by atoms with Crippen LogP contribution < -0.4 is 14.4 Å². The van der Waals surface area contributed by atoms with E-state index in [9.17, 15) is 0 Å². The number of aromatic nitrogens is 1. The SMILES string of the molecule is CN1C=CN(c2cccc(Oc3cc(-c4ccccc4)cc(-c4cc(-c5cccc(Oc6ccccc6)c5)ccn4)c3)c2)C1. The largest absolute Gasteiger partial charge is 0.457 e. The maximum absolute atomic E-state index is 6.51. The molecule has 0 N–H and O–H groups in total. The number of benzene rings is 5. The predicted molar refractivity (Wildman–Crippen MR) is 178 cm³/mol. The molecule has 5 aromatic carbocycles. The van der Waals surface area contributed by atoms with Crippen LogP contribution in [0.3, 0.4) is 0 Å². The molecule has 0 spiro atoms. The summed E-state index contributed by atoms with van der Waals surface area (Å²) in [6.45, 7) is 0.806. The van der Waals surface area contributed by atoms with Crippen molar-refractivity contribution in [2.75, 3.05) is 18.6 Å². The molecule has 7 rings (SSSR count). The van der Waals surface area contributed by atoms with Crippen molar-refractivity contribution in [3.63, 3.8) is 0 Å². The number of ether oxygens (including phenoxy) is 2. The number of nitrogens with zero attached hydrogens (tertiary/aromatic N) is 3. The first-order chi connectivity index (χ1) is 21.7. The van der Waals surface area contributed by atoms with Crippen LogP contribution in [0, 0.1) is 0 Å². The fourth-order valence-corrected chi connectivity index (χ4v) is 5.29. The van der Waals surface area contributed by atoms with Crippen LogP contribution in [-0.2, 0) is 0 Å². The van der Waals surface area contributed by atoms with E-state index < -0.39 is 0 Å². The number of anilines is 1. The molecule has 0 radical (unpaired) electrons. The smallest absolute Gasteiger partial charge is 0.129 e. The number of hydrogen-bond acceptors (Lipinski definition) is 5. The molecule has 1 aromatic heterocycles. The highest BCUT2D eigenvalue weighted by Gasteiger charge is 2.13. The van der Waals surface area contributed by atoms with Crippen LogP contribution in [0.2, 0.25) is 0 Å². The summed E-state index contributed by atoms with van der Waals surface area (Å²) in [5.74, 6) is 3.11. The maximum atomic E-state index is 6.51. The zero-order valence-electron chi connectivity index (χ0n) is 24.4. The summed E-state index contributed by atoms with van der Waals surface area (Å²) in [6, 6.07) is 47.0. The molecule has 0 aliphatic carbocycles. The van der Waals surface area contributed by atoms with E-state index in [1.165, 1.54) is 0 Å². The lowest BCUT2D eigenvalue weighted by molar-refractivity contribution is 0.481. The molecule has 0 unspecified atom stereocenters. The minimum atomic E-state index is 0.748. The summed E-state index contributed by atoms with van der Waals surface area (Å²) in [5.41, 5.74) is 7.19. The molecule has 214 valence electrons. The van der Waals surface area contributed by atoms with E-state index >= 15 is 0 Å². The van der Waals surface area contributed by atoms with Gasteiger partial charge in [0.1, 0.15) is 23.0 Å². The van der Waals surface area contributed by atoms with Crippen molar-refractivity contribution in [1.82, 2.24) is 9.88 Å². The highest BCUT2D eigenvalue weighted by molar-refractivity contribution is 5.77. The Kier molecular flexibility index (Phi) is 7.50. The second kappa shape index (κ2) is 12.2. The van der Waals surface area contributed by atoms with Crippen molar-refractivity contribution in [3.8, 4) is 56.5 Å². The third kappa shape index (κ3) is 6.18. The number of rotatable bonds is 8. The minimum absolute atomic E-state index is 0.748. The van der Waals surface area contributed by atoms with Gasteiger partial charge in [-0.05, 0) is 89.0 Å². The van der Waals surface area contributed by atoms with Gasteiger partial charge >= 0.3 is 0 Å². The molecule has 5 heteroatoms. The molecule has 0 amide bonds. The summed E-state index contributed by atoms with van der Waals surface area (Å²) in [7, 11) is 2.06. The van der Waals surface area contributed by atoms with Gasteiger partial charge in [-0.15, -0.1) is 0 Å². The molecule has 2 heterocycles. The second-order valence-corrected chi connectivity index (χ2v) is 10.8. The van der Waals surface area contributed by atoms with Crippen LogP contribution in [0.25, 0.3) is 33.5 Å². The fraction of sp³-hybridized carbons (Fsp3) is 0.0513. The lowest BCUT2D eigenvalue weighted by Crippen LogP contribution is -2.21. The van der Waals surface area contributed by atoms with Crippen LogP contribution in [0.5, 0.6) is 23.0 Å². The zero-order valence-corrected chi connectivity index (χ0v) is 24.4. The Labute approximate surface area is 257 Å². The van der Waals surface area contributed by atoms with Crippen LogP contribution in [0.1, 0.15) is 0 Å². The van der Waals surface area contributed by atoms with E-state index in [0.717, 1.165) is 68.9 Å². The maximum Gasteiger partial charge on any atom is 0.129 e. The average Bonchev–Trinajstić information content (AvgIpc) is 3.52. The quantitative estimate of drug-likeness (QED) is 0.181. The minimum Gasteiger partial charge on any atom is -0.457 e. The Morgan fingerprint density at radius 1 is 0.500 bits per heavy atom. The molecule has 0 saturated heterocycles. The van der Waals surface area contributed by atoms with Crippen molar-refractivity contribution in [3.05, 3.63) is 158 Å². The van der Waals surface area contributed by atoms with Gasteiger partial charge in [-0.3, -0.25) is 4.98 Å². The standard InChI is InChI=1S/C39H31N3O2/c1-41-20-21-42(28-41)34-13-9-17-37(27-34)44-38-24-32(29-10-4-2-5-11-29)22-33(25-38)39-26-31(18-19-40-39)30-12-8-16-36(23-30)43-35-14-6-3-7-15-35/h2-27H,28H2,1H3. The van der Waals surface area contributed by atoms with Gasteiger partial charge in [0.15, 0.2) is 0 Å². The molecule has 0 atom stereocenters. The highest BCUT2D eigenvalue weighted by Crippen LogP contribution is 2.36. The Bertz CT molecular complexity index is 1920. The number of hydrogen-bond donors (Lipinski definition) is 0. The summed E-state index contributed by atoms with van der Waals surface area (Å²) in [5, 5.41) is 0. The van der Waals surface area contributed by atoms with Gasteiger partial charge in [0.05, 0.1) is 12.4 Å². The Morgan fingerprint density at radius 3 is 1.93 bits per heavy atom. The fourth-order valence-electron chi connectivity index (χ4n) is 5.29. The van der Waals surface area contributed by atoms with E-state index in [0.29, 0.717) is 0 Å². The van der Waals surface area contributed by atoms with E-state index in [4.69, 9.17) is 14.5 Å². The molecule has 0 bridgehead atoms. The Morgan fingerprint density at radius 2 is 1.14 bits per heavy atom. The number of pyridine rings is 1. The molecule has 1 aliphatic heterocycles. The Balaban J connectivity index is 1.22. The van der Waals surface area contributed by atoms with Crippen molar-refractivity contribution < 1.29 is 9.47 Å². The summed E-state index contributed by atoms with van der Waals surface area (Å²) < 4.78 is 12.6. The van der Waals surface area contributed by atoms with Gasteiger partial charge in [-0.2, -0.15) is 0 Å². The molecule has 0 fully saturated rings. The third-order valence-corrected chi connectivity index (χ3v) is 7.48. The first-order valence-electron chi connectivity index (χ1n) is 14.6. The lowest BCUT2D eigenvalue weighted by atomic mass is 9.99. The van der Waals surface area contributed by atoms with Gasteiger partial charge in [0.2, 0.25) is 0 Å². The van der Waals surface area contributed by atoms with Crippen LogP contribution in [0.15, 0.2) is 158 Å². The van der Waals surface area contributed by atoms with Gasteiger partial charge in [0.25, 0.3) is 0 Å². The van der Waals surface area contributed by atoms with E-state index in [2.05, 4.69) is 102 Å². The third-order valence-electron chi connectivity index (χ3n) is 7.48. The second-order valence-electron chi connectivity index (χ2n) is 10.8. The summed E-state index contributed by atoms with van der Waals surface area (Å²) >= 11 is 0. The zero-order chi connectivity index (χ0) is 29.7. The van der Waals surface area contributed by atoms with E-state index in [1.807, 2.05) is 72.9 Å². The highest BCUT2D eigenvalue weighted by atomic mass is 16.5. The van der Waals surface area contributed by atoms with Crippen LogP contribution in [-0.4, -0.2) is 23.6 Å². The monoisotopic (exact) mass is 573 g/mol. The van der Waals surface area contributed by atoms with Crippen molar-refractivity contribution in [2.45, 2.75) is 0 Å². The molecule has 44 heavy (non-hydrogen) atoms. The first kappa shape index (κ1) is 27.0. The van der Waals surface area contributed by atoms with Crippen LogP contribution in [0.4, 0.5) is 5.69 Å². The van der Waals surface area contributed by atoms with E-state index in [1.54, 1.807) is 0 Å². The average molecular weight is 574 g/mol. The van der Waals surface area contributed by atoms with Crippen LogP contribution >= 0.6 is 0 Å². The predicted octanol–water partition coefficient (Wildman–Crippen LogP) is 9.85. The normalized spacial score (nSPS) is 12.4. The topological polar surface area (TPSA) is 37.8 Å². The van der Waals surface area contributed by atoms with Gasteiger partial charge in [0, 0.05) is 43.0 Å². The molecular weight excluding hydrogens is 542 g/mol. The molecule has 5 nitrogen and oxygen atoms in total. The molecule has 1 aliphatic rings. The van der Waals surface area contributed by atoms with E-state index in [-0.39, 0.29) is 0 Å². The van der Waals surface area contributed by atoms with Gasteiger partial charge in [-0.25, -0.2) is 0 Å². The van der Waals surface area contributed by atoms with Gasteiger partial charge < -0.3 is 19.3 Å². The molecular formula is C39H31N3O2. The van der Waals surface area contributed by atoms with Gasteiger partial charge in [-0.1, -0.05) is 66.7 Å². The lowest BCUT2D eigenvalue weighted by Gasteiger charge is -2.19. The first-order valence-corrected chi connectivity index (χ1v) is 14.6. The summed E-state index contributed by atoms with van der Waals surface area (Å²) in [4.78, 5) is 9.10. The van der Waals surface area contributed by atoms with Crippen molar-refractivity contribution in [1.29, 1.82) is 0 Å². The number of para-hydroxylation sites is 1. The summed E-state index contributed by atoms with van der Waals surface area (Å²) in [6.07, 6.45) is 6.00.